The second kappa shape index (κ2) is 6.49. The van der Waals surface area contributed by atoms with Crippen molar-refractivity contribution >= 4 is 17.0 Å². The lowest BCUT2D eigenvalue weighted by molar-refractivity contribution is 0.198. The second-order valence-electron chi connectivity index (χ2n) is 8.21. The lowest BCUT2D eigenvalue weighted by Crippen LogP contribution is -2.34. The SMILES string of the molecule is Cc1cn[nH]c1Cc1nc(N2CC[C@H](O)C2)c2c(ncn2NC(C)(C)C)n1. The number of fused-ring (bicyclic) bond motifs is 1. The number of nitrogens with one attached hydrogen (secondary N) is 2. The summed E-state index contributed by atoms with van der Waals surface area (Å²) in [5, 5.41) is 17.1. The van der Waals surface area contributed by atoms with Crippen molar-refractivity contribution in [3.05, 3.63) is 29.6 Å². The molecule has 4 rings (SSSR count). The first kappa shape index (κ1) is 17.7. The van der Waals surface area contributed by atoms with Crippen molar-refractivity contribution in [2.75, 3.05) is 23.4 Å². The van der Waals surface area contributed by atoms with Crippen LogP contribution in [0.15, 0.2) is 12.5 Å². The van der Waals surface area contributed by atoms with Crippen molar-refractivity contribution in [3.63, 3.8) is 0 Å². The third kappa shape index (κ3) is 3.59. The fraction of sp³-hybridized carbons (Fsp3) is 0.556. The molecule has 27 heavy (non-hydrogen) atoms. The number of nitrogens with zero attached hydrogens (tertiary/aromatic N) is 6. The average molecular weight is 370 g/mol. The molecule has 1 aliphatic rings. The highest BCUT2D eigenvalue weighted by atomic mass is 16.3. The van der Waals surface area contributed by atoms with Gasteiger partial charge in [-0.25, -0.2) is 19.6 Å². The largest absolute Gasteiger partial charge is 0.391 e. The molecule has 3 N–H and O–H groups in total. The first-order chi connectivity index (χ1) is 12.8. The molecule has 0 spiro atoms. The Morgan fingerprint density at radius 3 is 2.78 bits per heavy atom. The van der Waals surface area contributed by atoms with Gasteiger partial charge in [0.2, 0.25) is 0 Å². The van der Waals surface area contributed by atoms with E-state index in [0.29, 0.717) is 24.4 Å². The number of aliphatic hydroxyl groups is 1. The van der Waals surface area contributed by atoms with Crippen LogP contribution in [0.2, 0.25) is 0 Å². The molecule has 0 aliphatic carbocycles. The Balaban J connectivity index is 1.80. The van der Waals surface area contributed by atoms with E-state index in [-0.39, 0.29) is 11.6 Å². The van der Waals surface area contributed by atoms with Gasteiger partial charge in [-0.1, -0.05) is 0 Å². The average Bonchev–Trinajstić information content (AvgIpc) is 3.28. The zero-order valence-corrected chi connectivity index (χ0v) is 16.2. The predicted molar refractivity (Wildman–Crippen MR) is 103 cm³/mol. The molecule has 0 aromatic carbocycles. The van der Waals surface area contributed by atoms with Gasteiger partial charge >= 0.3 is 0 Å². The Morgan fingerprint density at radius 2 is 2.15 bits per heavy atom. The molecule has 1 saturated heterocycles. The summed E-state index contributed by atoms with van der Waals surface area (Å²) in [6, 6.07) is 0. The fourth-order valence-corrected chi connectivity index (χ4v) is 3.34. The molecule has 1 fully saturated rings. The summed E-state index contributed by atoms with van der Waals surface area (Å²) in [4.78, 5) is 16.1. The van der Waals surface area contributed by atoms with Crippen molar-refractivity contribution < 1.29 is 5.11 Å². The number of β-amino-alcohol motifs (C(OH)–C–C–N with tert-alkyl or cyclic N) is 1. The Kier molecular flexibility index (Phi) is 4.26. The number of rotatable bonds is 4. The summed E-state index contributed by atoms with van der Waals surface area (Å²) in [6.45, 7) is 9.61. The standard InChI is InChI=1S/C18H26N8O/c1-11-8-20-23-13(11)7-14-21-16-15(26(10-19-16)24-18(2,3)4)17(22-14)25-6-5-12(27)9-25/h8,10,12,24,27H,5-7,9H2,1-4H3,(H,20,23)/t12-/m0/s1. The number of imidazole rings is 1. The zero-order chi connectivity index (χ0) is 19.2. The molecule has 9 nitrogen and oxygen atoms in total. The Bertz CT molecular complexity index is 954. The van der Waals surface area contributed by atoms with Crippen LogP contribution in [0, 0.1) is 6.92 Å². The van der Waals surface area contributed by atoms with Gasteiger partial charge < -0.3 is 15.4 Å². The van der Waals surface area contributed by atoms with Crippen LogP contribution < -0.4 is 10.3 Å². The molecule has 0 saturated carbocycles. The molecule has 0 unspecified atom stereocenters. The van der Waals surface area contributed by atoms with E-state index in [0.717, 1.165) is 35.6 Å². The van der Waals surface area contributed by atoms with E-state index in [1.54, 1.807) is 12.5 Å². The fourth-order valence-electron chi connectivity index (χ4n) is 3.34. The van der Waals surface area contributed by atoms with Gasteiger partial charge in [0.25, 0.3) is 0 Å². The van der Waals surface area contributed by atoms with Crippen LogP contribution in [-0.4, -0.2) is 59.7 Å². The van der Waals surface area contributed by atoms with E-state index >= 15 is 0 Å². The minimum Gasteiger partial charge on any atom is -0.391 e. The molecule has 144 valence electrons. The molecule has 3 aromatic heterocycles. The number of aromatic nitrogens is 6. The highest BCUT2D eigenvalue weighted by molar-refractivity contribution is 5.84. The summed E-state index contributed by atoms with van der Waals surface area (Å²) in [5.74, 6) is 1.49. The van der Waals surface area contributed by atoms with Gasteiger partial charge in [0, 0.05) is 30.7 Å². The van der Waals surface area contributed by atoms with E-state index in [1.165, 1.54) is 0 Å². The third-order valence-corrected chi connectivity index (χ3v) is 4.62. The van der Waals surface area contributed by atoms with Crippen LogP contribution in [0.1, 0.15) is 44.3 Å². The number of H-pyrrole nitrogens is 1. The lowest BCUT2D eigenvalue weighted by Gasteiger charge is -2.25. The van der Waals surface area contributed by atoms with Gasteiger partial charge in [0.05, 0.1) is 12.3 Å². The summed E-state index contributed by atoms with van der Waals surface area (Å²) < 4.78 is 1.89. The molecule has 3 aromatic rings. The minimum atomic E-state index is -0.333. The van der Waals surface area contributed by atoms with Crippen LogP contribution in [0.25, 0.3) is 11.2 Å². The van der Waals surface area contributed by atoms with Crippen LogP contribution in [0.5, 0.6) is 0 Å². The maximum absolute atomic E-state index is 10.0. The van der Waals surface area contributed by atoms with E-state index < -0.39 is 0 Å². The van der Waals surface area contributed by atoms with Gasteiger partial charge in [0.15, 0.2) is 17.0 Å². The molecule has 0 radical (unpaired) electrons. The highest BCUT2D eigenvalue weighted by Gasteiger charge is 2.27. The van der Waals surface area contributed by atoms with Crippen LogP contribution in [-0.2, 0) is 6.42 Å². The van der Waals surface area contributed by atoms with E-state index in [1.807, 2.05) is 11.6 Å². The van der Waals surface area contributed by atoms with Gasteiger partial charge in [-0.3, -0.25) is 5.10 Å². The zero-order valence-electron chi connectivity index (χ0n) is 16.2. The predicted octanol–water partition coefficient (Wildman–Crippen LogP) is 1.36. The van der Waals surface area contributed by atoms with Crippen molar-refractivity contribution in [2.45, 2.75) is 52.2 Å². The molecule has 1 atom stereocenters. The smallest absolute Gasteiger partial charge is 0.185 e. The van der Waals surface area contributed by atoms with E-state index in [2.05, 4.69) is 51.3 Å². The molecule has 0 amide bonds. The first-order valence-corrected chi connectivity index (χ1v) is 9.24. The highest BCUT2D eigenvalue weighted by Crippen LogP contribution is 2.27. The number of hydrogen-bond donors (Lipinski definition) is 3. The Morgan fingerprint density at radius 1 is 1.33 bits per heavy atom. The molecule has 1 aliphatic heterocycles. The van der Waals surface area contributed by atoms with E-state index in [9.17, 15) is 5.11 Å². The molecule has 4 heterocycles. The molecular weight excluding hydrogens is 344 g/mol. The van der Waals surface area contributed by atoms with Gasteiger partial charge in [-0.15, -0.1) is 0 Å². The summed E-state index contributed by atoms with van der Waals surface area (Å²) in [7, 11) is 0. The third-order valence-electron chi connectivity index (χ3n) is 4.62. The number of aryl methyl sites for hydroxylation is 1. The van der Waals surface area contributed by atoms with Crippen molar-refractivity contribution in [3.8, 4) is 0 Å². The number of anilines is 1. The van der Waals surface area contributed by atoms with Crippen LogP contribution >= 0.6 is 0 Å². The second-order valence-corrected chi connectivity index (χ2v) is 8.21. The number of hydrogen-bond acceptors (Lipinski definition) is 7. The van der Waals surface area contributed by atoms with Crippen molar-refractivity contribution in [1.29, 1.82) is 0 Å². The Labute approximate surface area is 157 Å². The van der Waals surface area contributed by atoms with Gasteiger partial charge in [-0.2, -0.15) is 5.10 Å². The van der Waals surface area contributed by atoms with Crippen molar-refractivity contribution in [1.82, 2.24) is 29.8 Å². The lowest BCUT2D eigenvalue weighted by atomic mass is 10.1. The quantitative estimate of drug-likeness (QED) is 0.636. The van der Waals surface area contributed by atoms with Crippen LogP contribution in [0.3, 0.4) is 0 Å². The summed E-state index contributed by atoms with van der Waals surface area (Å²) in [6.07, 6.45) is 4.51. The monoisotopic (exact) mass is 370 g/mol. The maximum Gasteiger partial charge on any atom is 0.185 e. The normalized spacial score (nSPS) is 17.8. The minimum absolute atomic E-state index is 0.138. The summed E-state index contributed by atoms with van der Waals surface area (Å²) >= 11 is 0. The van der Waals surface area contributed by atoms with Crippen LogP contribution in [0.4, 0.5) is 5.82 Å². The summed E-state index contributed by atoms with van der Waals surface area (Å²) in [5.41, 5.74) is 6.84. The van der Waals surface area contributed by atoms with Crippen molar-refractivity contribution in [2.24, 2.45) is 0 Å². The number of aromatic amines is 1. The van der Waals surface area contributed by atoms with Gasteiger partial charge in [0.1, 0.15) is 12.2 Å². The molecular formula is C18H26N8O. The van der Waals surface area contributed by atoms with E-state index in [4.69, 9.17) is 4.98 Å². The molecule has 9 heteroatoms. The first-order valence-electron chi connectivity index (χ1n) is 9.24. The maximum atomic E-state index is 10.0. The Hall–Kier alpha value is -2.68. The topological polar surface area (TPSA) is 108 Å². The van der Waals surface area contributed by atoms with Gasteiger partial charge in [-0.05, 0) is 39.7 Å². The molecule has 0 bridgehead atoms. The number of aliphatic hydroxyl groups excluding tert-OH is 1.